The summed E-state index contributed by atoms with van der Waals surface area (Å²) < 4.78 is 5.59. The van der Waals surface area contributed by atoms with Crippen molar-refractivity contribution in [2.75, 3.05) is 6.61 Å². The Morgan fingerprint density at radius 3 is 2.47 bits per heavy atom. The highest BCUT2D eigenvalue weighted by Gasteiger charge is 2.28. The van der Waals surface area contributed by atoms with Crippen molar-refractivity contribution in [2.24, 2.45) is 5.92 Å². The lowest BCUT2D eigenvalue weighted by Gasteiger charge is -2.31. The maximum atomic E-state index is 5.59. The molecule has 0 aromatic heterocycles. The molecule has 3 atom stereocenters. The molecule has 2 rings (SSSR count). The van der Waals surface area contributed by atoms with Crippen LogP contribution in [0.15, 0.2) is 0 Å². The molecule has 0 aromatic rings. The highest BCUT2D eigenvalue weighted by molar-refractivity contribution is 4.84. The molecule has 1 N–H and O–H groups in total. The fraction of sp³-hybridized carbons (Fsp3) is 1.00. The third kappa shape index (κ3) is 2.94. The first-order chi connectivity index (χ1) is 7.27. The zero-order valence-electron chi connectivity index (χ0n) is 10.2. The molecule has 1 aliphatic heterocycles. The van der Waals surface area contributed by atoms with Crippen molar-refractivity contribution in [3.05, 3.63) is 0 Å². The minimum Gasteiger partial charge on any atom is -0.377 e. The molecule has 2 nitrogen and oxygen atoms in total. The monoisotopic (exact) mass is 211 g/mol. The van der Waals surface area contributed by atoms with Gasteiger partial charge in [0.2, 0.25) is 0 Å². The van der Waals surface area contributed by atoms with Gasteiger partial charge in [-0.3, -0.25) is 0 Å². The molecule has 1 aliphatic carbocycles. The van der Waals surface area contributed by atoms with Crippen LogP contribution in [0, 0.1) is 5.92 Å². The van der Waals surface area contributed by atoms with Crippen LogP contribution >= 0.6 is 0 Å². The van der Waals surface area contributed by atoms with Crippen molar-refractivity contribution in [1.82, 2.24) is 5.32 Å². The van der Waals surface area contributed by atoms with Crippen LogP contribution in [-0.4, -0.2) is 24.8 Å². The largest absolute Gasteiger partial charge is 0.377 e. The Bertz CT molecular complexity index is 189. The van der Waals surface area contributed by atoms with Crippen molar-refractivity contribution >= 4 is 0 Å². The van der Waals surface area contributed by atoms with Gasteiger partial charge in [-0.1, -0.05) is 19.3 Å². The lowest BCUT2D eigenvalue weighted by molar-refractivity contribution is 0.108. The minimum absolute atomic E-state index is 0.413. The van der Waals surface area contributed by atoms with Gasteiger partial charge in [-0.25, -0.2) is 0 Å². The second kappa shape index (κ2) is 5.31. The first kappa shape index (κ1) is 11.4. The van der Waals surface area contributed by atoms with E-state index in [1.807, 2.05) is 0 Å². The SMILES string of the molecule is CC1OCCC1N[C@@H](C)C1CCCCC1. The summed E-state index contributed by atoms with van der Waals surface area (Å²) in [6.45, 7) is 5.50. The van der Waals surface area contributed by atoms with Crippen molar-refractivity contribution in [1.29, 1.82) is 0 Å². The van der Waals surface area contributed by atoms with Crippen molar-refractivity contribution in [2.45, 2.75) is 70.6 Å². The van der Waals surface area contributed by atoms with E-state index < -0.39 is 0 Å². The Balaban J connectivity index is 1.77. The molecule has 0 radical (unpaired) electrons. The molecule has 2 aliphatic rings. The van der Waals surface area contributed by atoms with Crippen LogP contribution in [0.1, 0.15) is 52.4 Å². The summed E-state index contributed by atoms with van der Waals surface area (Å²) in [6.07, 6.45) is 8.79. The Hall–Kier alpha value is -0.0800. The van der Waals surface area contributed by atoms with E-state index in [0.717, 1.165) is 12.5 Å². The van der Waals surface area contributed by atoms with Gasteiger partial charge in [-0.2, -0.15) is 0 Å². The van der Waals surface area contributed by atoms with E-state index in [1.165, 1.54) is 38.5 Å². The molecule has 88 valence electrons. The zero-order chi connectivity index (χ0) is 10.7. The van der Waals surface area contributed by atoms with Gasteiger partial charge in [-0.15, -0.1) is 0 Å². The molecule has 0 amide bonds. The van der Waals surface area contributed by atoms with Crippen LogP contribution in [0.5, 0.6) is 0 Å². The smallest absolute Gasteiger partial charge is 0.0700 e. The second-order valence-electron chi connectivity index (χ2n) is 5.32. The molecule has 1 saturated heterocycles. The quantitative estimate of drug-likeness (QED) is 0.775. The Labute approximate surface area is 93.8 Å². The third-order valence-corrected chi connectivity index (χ3v) is 4.21. The van der Waals surface area contributed by atoms with Crippen LogP contribution in [0.4, 0.5) is 0 Å². The maximum absolute atomic E-state index is 5.59. The van der Waals surface area contributed by atoms with Crippen molar-refractivity contribution < 1.29 is 4.74 Å². The van der Waals surface area contributed by atoms with Gasteiger partial charge in [0, 0.05) is 18.7 Å². The summed E-state index contributed by atoms with van der Waals surface area (Å²) >= 11 is 0. The molecule has 1 saturated carbocycles. The molecule has 0 aromatic carbocycles. The van der Waals surface area contributed by atoms with Gasteiger partial charge < -0.3 is 10.1 Å². The van der Waals surface area contributed by atoms with Gasteiger partial charge >= 0.3 is 0 Å². The molecular weight excluding hydrogens is 186 g/mol. The molecular formula is C13H25NO. The number of nitrogens with one attached hydrogen (secondary N) is 1. The van der Waals surface area contributed by atoms with Gasteiger partial charge in [0.25, 0.3) is 0 Å². The first-order valence-electron chi connectivity index (χ1n) is 6.65. The van der Waals surface area contributed by atoms with Gasteiger partial charge in [-0.05, 0) is 39.0 Å². The molecule has 2 fully saturated rings. The fourth-order valence-electron chi connectivity index (χ4n) is 3.06. The van der Waals surface area contributed by atoms with E-state index in [2.05, 4.69) is 19.2 Å². The first-order valence-corrected chi connectivity index (χ1v) is 6.65. The van der Waals surface area contributed by atoms with E-state index in [1.54, 1.807) is 0 Å². The van der Waals surface area contributed by atoms with Gasteiger partial charge in [0.15, 0.2) is 0 Å². The molecule has 2 heteroatoms. The number of rotatable bonds is 3. The van der Waals surface area contributed by atoms with Gasteiger partial charge in [0.05, 0.1) is 6.10 Å². The Kier molecular flexibility index (Phi) is 4.04. The van der Waals surface area contributed by atoms with Gasteiger partial charge in [0.1, 0.15) is 0 Å². The van der Waals surface area contributed by atoms with E-state index in [4.69, 9.17) is 4.74 Å². The number of ether oxygens (including phenoxy) is 1. The normalized spacial score (nSPS) is 35.6. The topological polar surface area (TPSA) is 21.3 Å². The number of hydrogen-bond donors (Lipinski definition) is 1. The molecule has 15 heavy (non-hydrogen) atoms. The van der Waals surface area contributed by atoms with Crippen LogP contribution in [0.2, 0.25) is 0 Å². The minimum atomic E-state index is 0.413. The Morgan fingerprint density at radius 1 is 1.13 bits per heavy atom. The summed E-state index contributed by atoms with van der Waals surface area (Å²) in [5, 5.41) is 3.77. The average Bonchev–Trinajstić information content (AvgIpc) is 2.66. The summed E-state index contributed by atoms with van der Waals surface area (Å²) in [5.74, 6) is 0.909. The summed E-state index contributed by atoms with van der Waals surface area (Å²) in [5.41, 5.74) is 0. The zero-order valence-corrected chi connectivity index (χ0v) is 10.2. The van der Waals surface area contributed by atoms with E-state index in [-0.39, 0.29) is 0 Å². The lowest BCUT2D eigenvalue weighted by Crippen LogP contribution is -2.44. The molecule has 0 bridgehead atoms. The van der Waals surface area contributed by atoms with E-state index in [0.29, 0.717) is 18.2 Å². The molecule has 0 spiro atoms. The number of hydrogen-bond acceptors (Lipinski definition) is 2. The standard InChI is InChI=1S/C13H25NO/c1-10(12-6-4-3-5-7-12)14-13-8-9-15-11(13)2/h10-14H,3-9H2,1-2H3/t10-,11?,13?/m0/s1. The fourth-order valence-corrected chi connectivity index (χ4v) is 3.06. The lowest BCUT2D eigenvalue weighted by atomic mass is 9.84. The van der Waals surface area contributed by atoms with E-state index >= 15 is 0 Å². The highest BCUT2D eigenvalue weighted by Crippen LogP contribution is 2.27. The molecule has 1 heterocycles. The summed E-state index contributed by atoms with van der Waals surface area (Å²) in [4.78, 5) is 0. The second-order valence-corrected chi connectivity index (χ2v) is 5.32. The van der Waals surface area contributed by atoms with Crippen LogP contribution < -0.4 is 5.32 Å². The third-order valence-electron chi connectivity index (χ3n) is 4.21. The average molecular weight is 211 g/mol. The molecule has 2 unspecified atom stereocenters. The van der Waals surface area contributed by atoms with E-state index in [9.17, 15) is 0 Å². The van der Waals surface area contributed by atoms with Crippen LogP contribution in [-0.2, 0) is 4.74 Å². The Morgan fingerprint density at radius 2 is 1.87 bits per heavy atom. The van der Waals surface area contributed by atoms with Crippen molar-refractivity contribution in [3.63, 3.8) is 0 Å². The predicted octanol–water partition coefficient (Wildman–Crippen LogP) is 2.72. The predicted molar refractivity (Wildman–Crippen MR) is 63.0 cm³/mol. The summed E-state index contributed by atoms with van der Waals surface area (Å²) in [7, 11) is 0. The van der Waals surface area contributed by atoms with Crippen LogP contribution in [0.25, 0.3) is 0 Å². The van der Waals surface area contributed by atoms with Crippen LogP contribution in [0.3, 0.4) is 0 Å². The van der Waals surface area contributed by atoms with Crippen molar-refractivity contribution in [3.8, 4) is 0 Å². The summed E-state index contributed by atoms with van der Waals surface area (Å²) in [6, 6.07) is 1.28. The highest BCUT2D eigenvalue weighted by atomic mass is 16.5. The maximum Gasteiger partial charge on any atom is 0.0700 e.